The van der Waals surface area contributed by atoms with E-state index in [0.717, 1.165) is 12.0 Å². The van der Waals surface area contributed by atoms with Gasteiger partial charge in [-0.05, 0) is 24.0 Å². The Labute approximate surface area is 93.4 Å². The minimum absolute atomic E-state index is 0.0945. The molecular weight excluding hydrogens is 236 g/mol. The fourth-order valence-corrected chi connectivity index (χ4v) is 2.47. The Morgan fingerprint density at radius 2 is 2.20 bits per heavy atom. The first-order valence-corrected chi connectivity index (χ1v) is 7.01. The van der Waals surface area contributed by atoms with E-state index in [0.29, 0.717) is 18.3 Å². The van der Waals surface area contributed by atoms with Crippen molar-refractivity contribution in [2.24, 2.45) is 0 Å². The molecule has 0 unspecified atom stereocenters. The van der Waals surface area contributed by atoms with E-state index in [2.05, 4.69) is 6.92 Å². The Morgan fingerprint density at radius 1 is 1.47 bits per heavy atom. The van der Waals surface area contributed by atoms with Crippen molar-refractivity contribution in [1.29, 1.82) is 0 Å². The molecule has 5 heteroatoms. The van der Waals surface area contributed by atoms with Crippen molar-refractivity contribution >= 4 is 19.7 Å². The Morgan fingerprint density at radius 3 is 2.87 bits per heavy atom. The van der Waals surface area contributed by atoms with Crippen molar-refractivity contribution in [3.05, 3.63) is 23.8 Å². The van der Waals surface area contributed by atoms with Crippen molar-refractivity contribution in [2.75, 3.05) is 6.61 Å². The second-order valence-electron chi connectivity index (χ2n) is 3.68. The van der Waals surface area contributed by atoms with Gasteiger partial charge in [0.05, 0.1) is 11.5 Å². The molecule has 1 aliphatic rings. The average molecular weight is 247 g/mol. The molecule has 3 nitrogen and oxygen atoms in total. The van der Waals surface area contributed by atoms with E-state index in [4.69, 9.17) is 15.4 Å². The van der Waals surface area contributed by atoms with E-state index in [-0.39, 0.29) is 4.90 Å². The maximum Gasteiger partial charge on any atom is 0.261 e. The molecule has 0 spiro atoms. The molecule has 1 heterocycles. The Balaban J connectivity index is 2.51. The standard InChI is InChI=1S/C10H11ClO3S/c1-7-4-5-14-10-6-8(15(11,12)13)2-3-9(7)10/h2-3,6-7H,4-5H2,1H3/t7-/m1/s1. The topological polar surface area (TPSA) is 43.4 Å². The Hall–Kier alpha value is -0.740. The summed E-state index contributed by atoms with van der Waals surface area (Å²) in [6.07, 6.45) is 0.958. The number of hydrogen-bond acceptors (Lipinski definition) is 3. The molecule has 2 rings (SSSR count). The number of rotatable bonds is 1. The summed E-state index contributed by atoms with van der Waals surface area (Å²) in [5, 5.41) is 0. The fourth-order valence-electron chi connectivity index (χ4n) is 1.70. The summed E-state index contributed by atoms with van der Waals surface area (Å²) in [5.74, 6) is 1.04. The lowest BCUT2D eigenvalue weighted by atomic mass is 9.95. The van der Waals surface area contributed by atoms with Crippen LogP contribution >= 0.6 is 10.7 Å². The summed E-state index contributed by atoms with van der Waals surface area (Å²) in [7, 11) is 1.59. The highest BCUT2D eigenvalue weighted by molar-refractivity contribution is 8.13. The van der Waals surface area contributed by atoms with E-state index in [1.54, 1.807) is 6.07 Å². The molecule has 0 amide bonds. The van der Waals surface area contributed by atoms with Gasteiger partial charge in [-0.15, -0.1) is 0 Å². The maximum absolute atomic E-state index is 11.1. The number of hydrogen-bond donors (Lipinski definition) is 0. The van der Waals surface area contributed by atoms with Crippen molar-refractivity contribution in [1.82, 2.24) is 0 Å². The molecule has 1 aromatic carbocycles. The largest absolute Gasteiger partial charge is 0.493 e. The summed E-state index contributed by atoms with van der Waals surface area (Å²) in [6, 6.07) is 4.79. The molecule has 15 heavy (non-hydrogen) atoms. The minimum Gasteiger partial charge on any atom is -0.493 e. The molecule has 1 aromatic rings. The molecule has 0 saturated heterocycles. The smallest absolute Gasteiger partial charge is 0.261 e. The third kappa shape index (κ3) is 2.11. The third-order valence-electron chi connectivity index (χ3n) is 2.61. The van der Waals surface area contributed by atoms with Gasteiger partial charge in [0.25, 0.3) is 9.05 Å². The van der Waals surface area contributed by atoms with Crippen LogP contribution in [-0.4, -0.2) is 15.0 Å². The molecule has 0 saturated carbocycles. The first kappa shape index (κ1) is 10.8. The Kier molecular flexibility index (Phi) is 2.64. The molecule has 1 atom stereocenters. The van der Waals surface area contributed by atoms with Gasteiger partial charge < -0.3 is 4.74 Å². The molecule has 1 aliphatic heterocycles. The zero-order valence-corrected chi connectivity index (χ0v) is 9.81. The van der Waals surface area contributed by atoms with Crippen LogP contribution in [0.15, 0.2) is 23.1 Å². The SMILES string of the molecule is C[C@@H]1CCOc2cc(S(=O)(=O)Cl)ccc21. The highest BCUT2D eigenvalue weighted by Crippen LogP contribution is 2.35. The lowest BCUT2D eigenvalue weighted by Crippen LogP contribution is -2.12. The maximum atomic E-state index is 11.1. The van der Waals surface area contributed by atoms with E-state index in [1.807, 2.05) is 0 Å². The quantitative estimate of drug-likeness (QED) is 0.715. The fraction of sp³-hybridized carbons (Fsp3) is 0.400. The second-order valence-corrected chi connectivity index (χ2v) is 6.24. The number of fused-ring (bicyclic) bond motifs is 1. The van der Waals surface area contributed by atoms with Crippen LogP contribution in [0.5, 0.6) is 5.75 Å². The normalized spacial score (nSPS) is 20.5. The van der Waals surface area contributed by atoms with Gasteiger partial charge in [-0.3, -0.25) is 0 Å². The average Bonchev–Trinajstić information content (AvgIpc) is 2.16. The highest BCUT2D eigenvalue weighted by atomic mass is 35.7. The van der Waals surface area contributed by atoms with E-state index < -0.39 is 9.05 Å². The van der Waals surface area contributed by atoms with Gasteiger partial charge in [-0.1, -0.05) is 13.0 Å². The molecular formula is C10H11ClO3S. The lowest BCUT2D eigenvalue weighted by molar-refractivity contribution is 0.271. The van der Waals surface area contributed by atoms with Crippen LogP contribution in [-0.2, 0) is 9.05 Å². The van der Waals surface area contributed by atoms with Crippen LogP contribution in [0, 0.1) is 0 Å². The molecule has 0 bridgehead atoms. The predicted molar refractivity (Wildman–Crippen MR) is 58.0 cm³/mol. The second kappa shape index (κ2) is 3.68. The first-order valence-electron chi connectivity index (χ1n) is 4.70. The van der Waals surface area contributed by atoms with E-state index in [9.17, 15) is 8.42 Å². The zero-order valence-electron chi connectivity index (χ0n) is 8.23. The molecule has 0 radical (unpaired) electrons. The summed E-state index contributed by atoms with van der Waals surface area (Å²) in [6.45, 7) is 2.72. The van der Waals surface area contributed by atoms with E-state index >= 15 is 0 Å². The van der Waals surface area contributed by atoms with Crippen molar-refractivity contribution < 1.29 is 13.2 Å². The zero-order chi connectivity index (χ0) is 11.1. The van der Waals surface area contributed by atoms with Gasteiger partial charge >= 0.3 is 0 Å². The van der Waals surface area contributed by atoms with Gasteiger partial charge in [-0.2, -0.15) is 0 Å². The molecule has 0 aromatic heterocycles. The number of ether oxygens (including phenoxy) is 1. The number of benzene rings is 1. The third-order valence-corrected chi connectivity index (χ3v) is 3.96. The first-order chi connectivity index (χ1) is 6.98. The summed E-state index contributed by atoms with van der Waals surface area (Å²) in [5.41, 5.74) is 1.05. The van der Waals surface area contributed by atoms with Crippen LogP contribution in [0.25, 0.3) is 0 Å². The van der Waals surface area contributed by atoms with Crippen LogP contribution in [0.3, 0.4) is 0 Å². The summed E-state index contributed by atoms with van der Waals surface area (Å²) in [4.78, 5) is 0.0945. The monoisotopic (exact) mass is 246 g/mol. The van der Waals surface area contributed by atoms with Gasteiger partial charge in [0.2, 0.25) is 0 Å². The van der Waals surface area contributed by atoms with Crippen LogP contribution in [0.1, 0.15) is 24.8 Å². The van der Waals surface area contributed by atoms with E-state index in [1.165, 1.54) is 12.1 Å². The molecule has 0 fully saturated rings. The van der Waals surface area contributed by atoms with Gasteiger partial charge in [0.15, 0.2) is 0 Å². The molecule has 0 aliphatic carbocycles. The predicted octanol–water partition coefficient (Wildman–Crippen LogP) is 2.50. The van der Waals surface area contributed by atoms with Crippen LogP contribution < -0.4 is 4.74 Å². The summed E-state index contributed by atoms with van der Waals surface area (Å²) < 4.78 is 27.6. The van der Waals surface area contributed by atoms with Crippen molar-refractivity contribution in [2.45, 2.75) is 24.2 Å². The van der Waals surface area contributed by atoms with Crippen LogP contribution in [0.4, 0.5) is 0 Å². The van der Waals surface area contributed by atoms with Crippen molar-refractivity contribution in [3.63, 3.8) is 0 Å². The van der Waals surface area contributed by atoms with Gasteiger partial charge in [-0.25, -0.2) is 8.42 Å². The number of halogens is 1. The van der Waals surface area contributed by atoms with Crippen LogP contribution in [0.2, 0.25) is 0 Å². The van der Waals surface area contributed by atoms with Gasteiger partial charge in [0.1, 0.15) is 5.75 Å². The van der Waals surface area contributed by atoms with Crippen molar-refractivity contribution in [3.8, 4) is 5.75 Å². The molecule has 82 valence electrons. The molecule has 0 N–H and O–H groups in total. The minimum atomic E-state index is -3.66. The Bertz CT molecular complexity index is 481. The summed E-state index contributed by atoms with van der Waals surface area (Å²) >= 11 is 0. The highest BCUT2D eigenvalue weighted by Gasteiger charge is 2.20. The van der Waals surface area contributed by atoms with Gasteiger partial charge in [0, 0.05) is 16.7 Å². The lowest BCUT2D eigenvalue weighted by Gasteiger charge is -2.23.